The Morgan fingerprint density at radius 1 is 0.526 bits per heavy atom. The summed E-state index contributed by atoms with van der Waals surface area (Å²) in [7, 11) is 0. The number of hydrogen-bond donors (Lipinski definition) is 3. The monoisotopic (exact) mass is 772 g/mol. The maximum absolute atomic E-state index is 3.98. The lowest BCUT2D eigenvalue weighted by Gasteiger charge is -2.40. The number of thiophene rings is 2. The fraction of sp³-hybridized carbons (Fsp3) is 0.137. The normalized spacial score (nSPS) is 19.6. The molecule has 12 rings (SSSR count). The van der Waals surface area contributed by atoms with Crippen molar-refractivity contribution in [2.24, 2.45) is 0 Å². The second kappa shape index (κ2) is 13.5. The minimum absolute atomic E-state index is 0.00338. The molecular weight excluding hydrogens is 733 g/mol. The Labute approximate surface area is 339 Å². The Bertz CT molecular complexity index is 3140. The molecule has 9 aromatic rings. The van der Waals surface area contributed by atoms with Crippen LogP contribution in [-0.2, 0) is 6.42 Å². The Morgan fingerprint density at radius 3 is 2.09 bits per heavy atom. The quantitative estimate of drug-likeness (QED) is 0.163. The fourth-order valence-corrected chi connectivity index (χ4v) is 12.3. The molecule has 4 nitrogen and oxygen atoms in total. The second-order valence-electron chi connectivity index (χ2n) is 15.5. The number of fused-ring (bicyclic) bond motifs is 9. The van der Waals surface area contributed by atoms with Crippen LogP contribution in [-0.4, -0.2) is 10.7 Å². The maximum Gasteiger partial charge on any atom is 0.0871 e. The van der Waals surface area contributed by atoms with Crippen LogP contribution in [0.25, 0.3) is 74.1 Å². The summed E-state index contributed by atoms with van der Waals surface area (Å²) in [6.45, 7) is 0. The van der Waals surface area contributed by atoms with Gasteiger partial charge in [0.2, 0.25) is 0 Å². The standard InChI is InChI=1S/C51H40N4S2/c1-3-15-31(16-4-1)49-52-50(32-17-5-2-6-18-32)54-51(53-49)40-26-14-30-44-45(40)39-25-12-23-36(47(39)56-44)35-21-11-22-37-38-24-13-29-43(48(38)57-46(35)37)55-41-27-9-7-19-33(41)34-20-8-10-28-42(34)55/h1,3-5,7-9,11-27,29-30,49-54H,2,6,10,28H2. The van der Waals surface area contributed by atoms with Crippen molar-refractivity contribution in [2.45, 2.75) is 44.2 Å². The van der Waals surface area contributed by atoms with Crippen LogP contribution < -0.4 is 16.0 Å². The van der Waals surface area contributed by atoms with Gasteiger partial charge in [-0.05, 0) is 60.6 Å². The first-order valence-corrected chi connectivity index (χ1v) is 21.8. The van der Waals surface area contributed by atoms with Gasteiger partial charge >= 0.3 is 0 Å². The molecule has 3 aromatic heterocycles. The molecule has 3 aliphatic rings. The van der Waals surface area contributed by atoms with E-state index in [0.29, 0.717) is 0 Å². The van der Waals surface area contributed by atoms with Gasteiger partial charge in [0.25, 0.3) is 0 Å². The van der Waals surface area contributed by atoms with E-state index in [0.717, 1.165) is 25.7 Å². The fourth-order valence-electron chi connectivity index (χ4n) is 9.67. The van der Waals surface area contributed by atoms with Gasteiger partial charge in [-0.25, -0.2) is 0 Å². The zero-order valence-electron chi connectivity index (χ0n) is 31.3. The van der Waals surface area contributed by atoms with Crippen LogP contribution in [0.4, 0.5) is 0 Å². The Balaban J connectivity index is 1.01. The summed E-state index contributed by atoms with van der Waals surface area (Å²) >= 11 is 3.87. The van der Waals surface area contributed by atoms with Gasteiger partial charge in [-0.15, -0.1) is 22.7 Å². The van der Waals surface area contributed by atoms with Gasteiger partial charge in [0, 0.05) is 63.4 Å². The molecule has 276 valence electrons. The first-order chi connectivity index (χ1) is 28.3. The van der Waals surface area contributed by atoms with Crippen LogP contribution in [0.15, 0.2) is 157 Å². The van der Waals surface area contributed by atoms with Crippen molar-refractivity contribution in [1.82, 2.24) is 20.5 Å². The zero-order chi connectivity index (χ0) is 37.5. The van der Waals surface area contributed by atoms with Gasteiger partial charge in [-0.1, -0.05) is 140 Å². The largest absolute Gasteiger partial charge is 0.312 e. The maximum atomic E-state index is 3.98. The third-order valence-corrected chi connectivity index (χ3v) is 14.7. The van der Waals surface area contributed by atoms with Crippen LogP contribution >= 0.6 is 22.7 Å². The summed E-state index contributed by atoms with van der Waals surface area (Å²) in [6.07, 6.45) is 15.9. The average Bonchev–Trinajstić information content (AvgIpc) is 3.97. The molecule has 0 bridgehead atoms. The molecule has 6 aromatic carbocycles. The first-order valence-electron chi connectivity index (χ1n) is 20.2. The average molecular weight is 773 g/mol. The van der Waals surface area contributed by atoms with Crippen molar-refractivity contribution in [3.63, 3.8) is 0 Å². The van der Waals surface area contributed by atoms with E-state index in [4.69, 9.17) is 0 Å². The topological polar surface area (TPSA) is 41.0 Å². The molecule has 3 unspecified atom stereocenters. The molecule has 1 saturated heterocycles. The van der Waals surface area contributed by atoms with E-state index in [1.165, 1.54) is 96.0 Å². The number of allylic oxidation sites excluding steroid dienone is 3. The number of nitrogens with zero attached hydrogens (tertiary/aromatic N) is 1. The number of benzene rings is 6. The van der Waals surface area contributed by atoms with Crippen LogP contribution in [0, 0.1) is 0 Å². The molecule has 4 heterocycles. The van der Waals surface area contributed by atoms with Crippen LogP contribution in [0.3, 0.4) is 0 Å². The van der Waals surface area contributed by atoms with Crippen molar-refractivity contribution >= 4 is 80.0 Å². The second-order valence-corrected chi connectivity index (χ2v) is 17.6. The molecule has 3 atom stereocenters. The lowest BCUT2D eigenvalue weighted by molar-refractivity contribution is 0.225. The lowest BCUT2D eigenvalue weighted by Crippen LogP contribution is -2.59. The van der Waals surface area contributed by atoms with E-state index in [-0.39, 0.29) is 18.5 Å². The highest BCUT2D eigenvalue weighted by Gasteiger charge is 2.32. The van der Waals surface area contributed by atoms with Gasteiger partial charge in [0.15, 0.2) is 0 Å². The van der Waals surface area contributed by atoms with Crippen LogP contribution in [0.5, 0.6) is 0 Å². The summed E-state index contributed by atoms with van der Waals surface area (Å²) in [6, 6.07) is 47.3. The molecule has 0 saturated carbocycles. The predicted octanol–water partition coefficient (Wildman–Crippen LogP) is 13.1. The molecule has 1 aliphatic heterocycles. The molecule has 0 amide bonds. The predicted molar refractivity (Wildman–Crippen MR) is 243 cm³/mol. The number of para-hydroxylation sites is 1. The van der Waals surface area contributed by atoms with Gasteiger partial charge in [0.05, 0.1) is 34.4 Å². The number of rotatable bonds is 5. The van der Waals surface area contributed by atoms with Gasteiger partial charge in [-0.3, -0.25) is 16.0 Å². The number of hydrogen-bond acceptors (Lipinski definition) is 5. The summed E-state index contributed by atoms with van der Waals surface area (Å²) in [5.41, 5.74) is 11.8. The van der Waals surface area contributed by atoms with E-state index >= 15 is 0 Å². The number of nitrogens with one attached hydrogen (secondary N) is 3. The van der Waals surface area contributed by atoms with E-state index < -0.39 is 0 Å². The SMILES string of the molecule is C1=CC(C2NC(c3ccccc3)NC(c3cccc4sc5c(-c6cccc7c6sc6c(-n8c9c(c%10ccccc%108)C=CCC9)cccc67)cccc5c34)N2)=CCC1. The molecule has 0 radical (unpaired) electrons. The Hall–Kier alpha value is -5.60. The molecule has 3 N–H and O–H groups in total. The smallest absolute Gasteiger partial charge is 0.0871 e. The third kappa shape index (κ3) is 5.36. The van der Waals surface area contributed by atoms with Crippen molar-refractivity contribution in [3.8, 4) is 16.8 Å². The molecule has 6 heteroatoms. The molecule has 1 fully saturated rings. The number of aromatic nitrogens is 1. The Morgan fingerprint density at radius 2 is 1.23 bits per heavy atom. The van der Waals surface area contributed by atoms with Crippen molar-refractivity contribution in [3.05, 3.63) is 180 Å². The molecular formula is C51H40N4S2. The van der Waals surface area contributed by atoms with E-state index in [9.17, 15) is 0 Å². The molecule has 57 heavy (non-hydrogen) atoms. The van der Waals surface area contributed by atoms with Gasteiger partial charge in [0.1, 0.15) is 0 Å². The van der Waals surface area contributed by atoms with Crippen LogP contribution in [0.2, 0.25) is 0 Å². The third-order valence-electron chi connectivity index (χ3n) is 12.2. The highest BCUT2D eigenvalue weighted by Crippen LogP contribution is 2.48. The van der Waals surface area contributed by atoms with Crippen molar-refractivity contribution in [2.75, 3.05) is 0 Å². The highest BCUT2D eigenvalue weighted by molar-refractivity contribution is 7.27. The summed E-state index contributed by atoms with van der Waals surface area (Å²) in [5.74, 6) is 0. The minimum atomic E-state index is -0.0571. The van der Waals surface area contributed by atoms with Gasteiger partial charge < -0.3 is 4.57 Å². The Kier molecular flexibility index (Phi) is 7.95. The van der Waals surface area contributed by atoms with Crippen molar-refractivity contribution in [1.29, 1.82) is 0 Å². The van der Waals surface area contributed by atoms with Crippen LogP contribution in [0.1, 0.15) is 54.0 Å². The lowest BCUT2D eigenvalue weighted by atomic mass is 9.97. The summed E-state index contributed by atoms with van der Waals surface area (Å²) < 4.78 is 7.89. The first kappa shape index (κ1) is 33.5. The summed E-state index contributed by atoms with van der Waals surface area (Å²) in [4.78, 5) is 0. The van der Waals surface area contributed by atoms with Gasteiger partial charge in [-0.2, -0.15) is 0 Å². The molecule has 2 aliphatic carbocycles. The zero-order valence-corrected chi connectivity index (χ0v) is 33.0. The highest BCUT2D eigenvalue weighted by atomic mass is 32.1. The van der Waals surface area contributed by atoms with E-state index in [2.05, 4.69) is 178 Å². The summed E-state index contributed by atoms with van der Waals surface area (Å²) in [5, 5.41) is 18.4. The van der Waals surface area contributed by atoms with Crippen molar-refractivity contribution < 1.29 is 0 Å². The van der Waals surface area contributed by atoms with E-state index in [1.807, 2.05) is 22.7 Å². The van der Waals surface area contributed by atoms with E-state index in [1.54, 1.807) is 0 Å². The minimum Gasteiger partial charge on any atom is -0.312 e. The molecule has 0 spiro atoms.